The minimum absolute atomic E-state index is 0.0424. The molecule has 2 rings (SSSR count). The van der Waals surface area contributed by atoms with Crippen molar-refractivity contribution < 1.29 is 19.0 Å². The Labute approximate surface area is 98.4 Å². The largest absolute Gasteiger partial charge is 0.507 e. The summed E-state index contributed by atoms with van der Waals surface area (Å²) < 4.78 is 23.9. The molecule has 0 aliphatic carbocycles. The highest BCUT2D eigenvalue weighted by Gasteiger charge is 2.17. The smallest absolute Gasteiger partial charge is 0.169 e. The van der Waals surface area contributed by atoms with Gasteiger partial charge in [-0.15, -0.1) is 0 Å². The second kappa shape index (κ2) is 4.13. The number of benzene rings is 2. The Morgan fingerprint density at radius 3 is 2.41 bits per heavy atom. The molecule has 0 saturated heterocycles. The number of ether oxygens (including phenoxy) is 2. The van der Waals surface area contributed by atoms with Gasteiger partial charge in [-0.1, -0.05) is 6.07 Å². The van der Waals surface area contributed by atoms with E-state index in [9.17, 15) is 9.50 Å². The molecule has 2 aromatic rings. The Hall–Kier alpha value is -1.97. The Kier molecular flexibility index (Phi) is 2.79. The molecule has 0 unspecified atom stereocenters. The molecule has 1 N–H and O–H groups in total. The van der Waals surface area contributed by atoms with E-state index in [1.807, 2.05) is 6.92 Å². The van der Waals surface area contributed by atoms with Gasteiger partial charge >= 0.3 is 0 Å². The van der Waals surface area contributed by atoms with Crippen molar-refractivity contribution in [3.63, 3.8) is 0 Å². The lowest BCUT2D eigenvalue weighted by atomic mass is 10.0. The first-order valence-corrected chi connectivity index (χ1v) is 5.13. The second-order valence-electron chi connectivity index (χ2n) is 3.75. The maximum Gasteiger partial charge on any atom is 0.169 e. The van der Waals surface area contributed by atoms with Crippen LogP contribution in [0, 0.1) is 12.7 Å². The van der Waals surface area contributed by atoms with Crippen LogP contribution >= 0.6 is 0 Å². The van der Waals surface area contributed by atoms with Crippen LogP contribution in [0.2, 0.25) is 0 Å². The van der Waals surface area contributed by atoms with E-state index in [0.29, 0.717) is 16.5 Å². The summed E-state index contributed by atoms with van der Waals surface area (Å²) in [7, 11) is 2.83. The minimum Gasteiger partial charge on any atom is -0.507 e. The van der Waals surface area contributed by atoms with Crippen LogP contribution in [0.25, 0.3) is 10.8 Å². The molecule has 0 aliphatic rings. The Morgan fingerprint density at radius 1 is 1.12 bits per heavy atom. The van der Waals surface area contributed by atoms with E-state index in [1.54, 1.807) is 12.1 Å². The number of fused-ring (bicyclic) bond motifs is 1. The van der Waals surface area contributed by atoms with Crippen molar-refractivity contribution in [1.29, 1.82) is 0 Å². The van der Waals surface area contributed by atoms with E-state index in [4.69, 9.17) is 9.47 Å². The van der Waals surface area contributed by atoms with E-state index >= 15 is 0 Å². The van der Waals surface area contributed by atoms with Crippen LogP contribution in [0.3, 0.4) is 0 Å². The standard InChI is InChI=1S/C13H13FO3/c1-7-4-5-9(15)12-10(16-2)6-8(14)13(17-3)11(7)12/h4-6,15H,1-3H3. The average Bonchev–Trinajstić information content (AvgIpc) is 2.32. The first kappa shape index (κ1) is 11.5. The zero-order valence-electron chi connectivity index (χ0n) is 9.87. The van der Waals surface area contributed by atoms with Gasteiger partial charge in [0.05, 0.1) is 19.6 Å². The third kappa shape index (κ3) is 1.65. The van der Waals surface area contributed by atoms with E-state index < -0.39 is 5.82 Å². The number of halogens is 1. The van der Waals surface area contributed by atoms with Gasteiger partial charge in [-0.25, -0.2) is 4.39 Å². The van der Waals surface area contributed by atoms with Crippen molar-refractivity contribution in [2.24, 2.45) is 0 Å². The summed E-state index contributed by atoms with van der Waals surface area (Å²) in [5, 5.41) is 10.9. The molecule has 0 radical (unpaired) electrons. The van der Waals surface area contributed by atoms with Gasteiger partial charge in [0, 0.05) is 11.5 Å². The SMILES string of the molecule is COc1cc(F)c(OC)c2c(C)ccc(O)c12. The molecule has 17 heavy (non-hydrogen) atoms. The summed E-state index contributed by atoms with van der Waals surface area (Å²) in [5.41, 5.74) is 0.812. The number of aromatic hydroxyl groups is 1. The molecule has 3 nitrogen and oxygen atoms in total. The molecule has 0 aliphatic heterocycles. The number of phenols is 1. The van der Waals surface area contributed by atoms with Crippen molar-refractivity contribution >= 4 is 10.8 Å². The van der Waals surface area contributed by atoms with Crippen molar-refractivity contribution in [1.82, 2.24) is 0 Å². The number of rotatable bonds is 2. The highest BCUT2D eigenvalue weighted by Crippen LogP contribution is 2.42. The second-order valence-corrected chi connectivity index (χ2v) is 3.75. The van der Waals surface area contributed by atoms with Crippen LogP contribution in [-0.4, -0.2) is 19.3 Å². The van der Waals surface area contributed by atoms with Gasteiger partial charge in [0.15, 0.2) is 11.6 Å². The van der Waals surface area contributed by atoms with Crippen molar-refractivity contribution in [2.75, 3.05) is 14.2 Å². The lowest BCUT2D eigenvalue weighted by molar-refractivity contribution is 0.383. The molecule has 0 fully saturated rings. The molecule has 90 valence electrons. The summed E-state index contributed by atoms with van der Waals surface area (Å²) in [4.78, 5) is 0. The summed E-state index contributed by atoms with van der Waals surface area (Å²) in [6, 6.07) is 4.47. The van der Waals surface area contributed by atoms with Gasteiger partial charge in [-0.3, -0.25) is 0 Å². The fourth-order valence-electron chi connectivity index (χ4n) is 1.97. The predicted octanol–water partition coefficient (Wildman–Crippen LogP) is 3.01. The fourth-order valence-corrected chi connectivity index (χ4v) is 1.97. The monoisotopic (exact) mass is 236 g/mol. The van der Waals surface area contributed by atoms with E-state index in [1.165, 1.54) is 20.3 Å². The van der Waals surface area contributed by atoms with Gasteiger partial charge in [0.25, 0.3) is 0 Å². The predicted molar refractivity (Wildman–Crippen MR) is 63.4 cm³/mol. The molecule has 0 aromatic heterocycles. The molecular weight excluding hydrogens is 223 g/mol. The molecule has 2 aromatic carbocycles. The molecule has 0 heterocycles. The molecule has 0 bridgehead atoms. The van der Waals surface area contributed by atoms with Crippen LogP contribution in [-0.2, 0) is 0 Å². The normalized spacial score (nSPS) is 10.6. The van der Waals surface area contributed by atoms with E-state index in [-0.39, 0.29) is 11.5 Å². The van der Waals surface area contributed by atoms with Crippen LogP contribution in [0.15, 0.2) is 18.2 Å². The molecule has 0 atom stereocenters. The van der Waals surface area contributed by atoms with Gasteiger partial charge in [-0.05, 0) is 18.6 Å². The number of aryl methyl sites for hydroxylation is 1. The number of hydrogen-bond acceptors (Lipinski definition) is 3. The van der Waals surface area contributed by atoms with E-state index in [0.717, 1.165) is 5.56 Å². The van der Waals surface area contributed by atoms with Crippen LogP contribution in [0.1, 0.15) is 5.56 Å². The summed E-state index contributed by atoms with van der Waals surface area (Å²) in [5.74, 6) is -0.0556. The summed E-state index contributed by atoms with van der Waals surface area (Å²) in [6.45, 7) is 1.82. The number of hydrogen-bond donors (Lipinski definition) is 1. The number of methoxy groups -OCH3 is 2. The quantitative estimate of drug-likeness (QED) is 0.871. The zero-order chi connectivity index (χ0) is 12.6. The molecule has 0 saturated carbocycles. The third-order valence-corrected chi connectivity index (χ3v) is 2.76. The lowest BCUT2D eigenvalue weighted by Gasteiger charge is -2.13. The Morgan fingerprint density at radius 2 is 1.82 bits per heavy atom. The van der Waals surface area contributed by atoms with Gasteiger partial charge < -0.3 is 14.6 Å². The van der Waals surface area contributed by atoms with Crippen LogP contribution in [0.5, 0.6) is 17.2 Å². The van der Waals surface area contributed by atoms with Crippen molar-refractivity contribution in [3.05, 3.63) is 29.6 Å². The first-order valence-electron chi connectivity index (χ1n) is 5.13. The Balaban J connectivity index is 3.02. The van der Waals surface area contributed by atoms with E-state index in [2.05, 4.69) is 0 Å². The van der Waals surface area contributed by atoms with Gasteiger partial charge in [0.2, 0.25) is 0 Å². The highest BCUT2D eigenvalue weighted by molar-refractivity contribution is 6.00. The topological polar surface area (TPSA) is 38.7 Å². The maximum atomic E-state index is 13.8. The van der Waals surface area contributed by atoms with Crippen molar-refractivity contribution in [3.8, 4) is 17.2 Å². The molecular formula is C13H13FO3. The van der Waals surface area contributed by atoms with Crippen LogP contribution in [0.4, 0.5) is 4.39 Å². The first-order chi connectivity index (χ1) is 8.10. The molecule has 0 amide bonds. The molecule has 4 heteroatoms. The number of phenolic OH excluding ortho intramolecular Hbond substituents is 1. The van der Waals surface area contributed by atoms with Gasteiger partial charge in [-0.2, -0.15) is 0 Å². The van der Waals surface area contributed by atoms with Crippen LogP contribution < -0.4 is 9.47 Å². The zero-order valence-corrected chi connectivity index (χ0v) is 9.87. The average molecular weight is 236 g/mol. The Bertz CT molecular complexity index is 579. The van der Waals surface area contributed by atoms with Gasteiger partial charge in [0.1, 0.15) is 11.5 Å². The maximum absolute atomic E-state index is 13.8. The minimum atomic E-state index is -0.509. The molecule has 0 spiro atoms. The fraction of sp³-hybridized carbons (Fsp3) is 0.231. The summed E-state index contributed by atoms with van der Waals surface area (Å²) in [6.07, 6.45) is 0. The summed E-state index contributed by atoms with van der Waals surface area (Å²) >= 11 is 0. The van der Waals surface area contributed by atoms with Crippen molar-refractivity contribution in [2.45, 2.75) is 6.92 Å². The lowest BCUT2D eigenvalue weighted by Crippen LogP contribution is -1.95. The third-order valence-electron chi connectivity index (χ3n) is 2.76. The highest BCUT2D eigenvalue weighted by atomic mass is 19.1.